The lowest BCUT2D eigenvalue weighted by molar-refractivity contribution is -0.139. The number of hydrogen-bond donors (Lipinski definition) is 1. The molecule has 1 aromatic carbocycles. The van der Waals surface area contributed by atoms with Gasteiger partial charge >= 0.3 is 6.18 Å². The molecule has 4 nitrogen and oxygen atoms in total. The number of ether oxygens (including phenoxy) is 1. The Morgan fingerprint density at radius 2 is 1.96 bits per heavy atom. The molecule has 0 saturated carbocycles. The molecule has 2 rings (SSSR count). The monoisotopic (exact) mass is 417 g/mol. The zero-order valence-electron chi connectivity index (χ0n) is 16.9. The average molecular weight is 418 g/mol. The van der Waals surface area contributed by atoms with Gasteiger partial charge in [0.15, 0.2) is 5.75 Å². The van der Waals surface area contributed by atoms with Crippen molar-refractivity contribution in [1.29, 1.82) is 0 Å². The largest absolute Gasteiger partial charge is 0.489 e. The molecule has 0 fully saturated rings. The van der Waals surface area contributed by atoms with E-state index in [1.807, 2.05) is 7.05 Å². The predicted octanol–water partition coefficient (Wildman–Crippen LogP) is 6.08. The van der Waals surface area contributed by atoms with E-state index in [4.69, 9.17) is 16.3 Å². The van der Waals surface area contributed by atoms with Crippen molar-refractivity contribution in [2.75, 3.05) is 13.6 Å². The lowest BCUT2D eigenvalue weighted by atomic mass is 9.97. The van der Waals surface area contributed by atoms with Crippen molar-refractivity contribution in [3.8, 4) is 16.9 Å². The van der Waals surface area contributed by atoms with Gasteiger partial charge in [0.2, 0.25) is 0 Å². The molecule has 0 bridgehead atoms. The van der Waals surface area contributed by atoms with Crippen molar-refractivity contribution in [3.05, 3.63) is 34.1 Å². The van der Waals surface area contributed by atoms with E-state index in [2.05, 4.69) is 22.0 Å². The molecule has 1 heterocycles. The topological polar surface area (TPSA) is 41.2 Å². The van der Waals surface area contributed by atoms with Crippen LogP contribution in [0, 0.1) is 6.92 Å². The fourth-order valence-electron chi connectivity index (χ4n) is 3.01. The van der Waals surface area contributed by atoms with E-state index < -0.39 is 17.8 Å². The van der Waals surface area contributed by atoms with Crippen LogP contribution in [0.2, 0.25) is 5.02 Å². The van der Waals surface area contributed by atoms with Gasteiger partial charge in [0, 0.05) is 12.1 Å². The molecular formula is C20H27ClF3N3O. The zero-order valence-corrected chi connectivity index (χ0v) is 17.6. The third-order valence-electron chi connectivity index (χ3n) is 4.45. The highest BCUT2D eigenvalue weighted by Gasteiger charge is 2.37. The van der Waals surface area contributed by atoms with Crippen molar-refractivity contribution in [1.82, 2.24) is 15.1 Å². The molecule has 0 amide bonds. The van der Waals surface area contributed by atoms with Crippen molar-refractivity contribution < 1.29 is 17.9 Å². The fourth-order valence-corrected chi connectivity index (χ4v) is 3.26. The first-order chi connectivity index (χ1) is 13.1. The molecule has 1 aromatic heterocycles. The number of nitrogens with one attached hydrogen (secondary N) is 1. The van der Waals surface area contributed by atoms with E-state index in [1.54, 1.807) is 27.0 Å². The van der Waals surface area contributed by atoms with Crippen LogP contribution in [0.4, 0.5) is 13.2 Å². The lowest BCUT2D eigenvalue weighted by Crippen LogP contribution is -2.19. The second kappa shape index (κ2) is 9.18. The zero-order chi connectivity index (χ0) is 21.1. The Labute approximate surface area is 169 Å². The Bertz CT molecular complexity index is 803. The summed E-state index contributed by atoms with van der Waals surface area (Å²) in [7, 11) is 1.97. The summed E-state index contributed by atoms with van der Waals surface area (Å²) in [6.07, 6.45) is -1.35. The quantitative estimate of drug-likeness (QED) is 0.566. The molecule has 0 atom stereocenters. The number of H-pyrrole nitrogens is 1. The Balaban J connectivity index is 2.53. The summed E-state index contributed by atoms with van der Waals surface area (Å²) in [5.41, 5.74) is 1.43. The Kier molecular flexibility index (Phi) is 7.39. The lowest BCUT2D eigenvalue weighted by Gasteiger charge is -2.21. The van der Waals surface area contributed by atoms with Crippen molar-refractivity contribution in [2.45, 2.75) is 59.4 Å². The van der Waals surface area contributed by atoms with E-state index in [1.165, 1.54) is 0 Å². The van der Waals surface area contributed by atoms with Crippen LogP contribution in [-0.4, -0.2) is 34.8 Å². The van der Waals surface area contributed by atoms with Crippen LogP contribution in [0.25, 0.3) is 11.1 Å². The van der Waals surface area contributed by atoms with Crippen LogP contribution < -0.4 is 4.74 Å². The van der Waals surface area contributed by atoms with E-state index >= 15 is 0 Å². The second-order valence-corrected chi connectivity index (χ2v) is 7.64. The normalized spacial score (nSPS) is 12.2. The molecule has 28 heavy (non-hydrogen) atoms. The minimum Gasteiger partial charge on any atom is -0.489 e. The smallest absolute Gasteiger partial charge is 0.420 e. The SMILES string of the molecule is CCCCN(C)Cc1[nH]ncc1-c1cc(C(F)(F)F)c(OC(C)C)c(Cl)c1C. The summed E-state index contributed by atoms with van der Waals surface area (Å²) in [4.78, 5) is 2.11. The predicted molar refractivity (Wildman–Crippen MR) is 106 cm³/mol. The van der Waals surface area contributed by atoms with Crippen LogP contribution in [0.1, 0.15) is 50.4 Å². The first-order valence-electron chi connectivity index (χ1n) is 9.34. The number of aromatic amines is 1. The number of rotatable bonds is 8. The maximum Gasteiger partial charge on any atom is 0.420 e. The molecule has 2 aromatic rings. The van der Waals surface area contributed by atoms with Crippen LogP contribution in [-0.2, 0) is 12.7 Å². The van der Waals surface area contributed by atoms with E-state index in [0.717, 1.165) is 31.1 Å². The Morgan fingerprint density at radius 3 is 2.54 bits per heavy atom. The van der Waals surface area contributed by atoms with Crippen LogP contribution in [0.15, 0.2) is 12.3 Å². The van der Waals surface area contributed by atoms with E-state index in [-0.39, 0.29) is 10.8 Å². The molecule has 0 aliphatic carbocycles. The first-order valence-corrected chi connectivity index (χ1v) is 9.72. The summed E-state index contributed by atoms with van der Waals surface area (Å²) in [5, 5.41) is 6.95. The second-order valence-electron chi connectivity index (χ2n) is 7.26. The number of halogens is 4. The molecule has 0 unspecified atom stereocenters. The maximum atomic E-state index is 13.7. The molecule has 156 valence electrons. The molecule has 0 aliphatic rings. The molecule has 0 saturated heterocycles. The van der Waals surface area contributed by atoms with Crippen LogP contribution in [0.5, 0.6) is 5.75 Å². The molecule has 0 aliphatic heterocycles. The van der Waals surface area contributed by atoms with Gasteiger partial charge in [-0.3, -0.25) is 5.10 Å². The van der Waals surface area contributed by atoms with E-state index in [0.29, 0.717) is 23.2 Å². The van der Waals surface area contributed by atoms with Gasteiger partial charge in [-0.05, 0) is 58.0 Å². The minimum atomic E-state index is -4.59. The van der Waals surface area contributed by atoms with Gasteiger partial charge in [-0.15, -0.1) is 0 Å². The average Bonchev–Trinajstić information content (AvgIpc) is 3.03. The number of unbranched alkanes of at least 4 members (excludes halogenated alkanes) is 1. The Hall–Kier alpha value is -1.73. The van der Waals surface area contributed by atoms with Crippen molar-refractivity contribution in [2.24, 2.45) is 0 Å². The first kappa shape index (κ1) is 22.6. The molecule has 8 heteroatoms. The highest BCUT2D eigenvalue weighted by Crippen LogP contribution is 2.46. The van der Waals surface area contributed by atoms with Gasteiger partial charge in [0.05, 0.1) is 28.6 Å². The molecule has 0 radical (unpaired) electrons. The maximum absolute atomic E-state index is 13.7. The summed E-state index contributed by atoms with van der Waals surface area (Å²) >= 11 is 6.33. The van der Waals surface area contributed by atoms with Crippen LogP contribution in [0.3, 0.4) is 0 Å². The third-order valence-corrected chi connectivity index (χ3v) is 4.91. The highest BCUT2D eigenvalue weighted by atomic mass is 35.5. The third kappa shape index (κ3) is 5.20. The molecule has 1 N–H and O–H groups in total. The number of alkyl halides is 3. The summed E-state index contributed by atoms with van der Waals surface area (Å²) < 4.78 is 46.5. The van der Waals surface area contributed by atoms with Gasteiger partial charge in [-0.25, -0.2) is 0 Å². The van der Waals surface area contributed by atoms with Crippen molar-refractivity contribution >= 4 is 11.6 Å². The number of benzene rings is 1. The standard InChI is InChI=1S/C20H27ClF3N3O/c1-6-7-8-27(5)11-17-15(10-25-26-17)14-9-16(20(22,23)24)19(28-12(2)3)18(21)13(14)4/h9-10,12H,6-8,11H2,1-5H3,(H,25,26). The summed E-state index contributed by atoms with van der Waals surface area (Å²) in [5.74, 6) is -0.324. The fraction of sp³-hybridized carbons (Fsp3) is 0.550. The van der Waals surface area contributed by atoms with Gasteiger partial charge in [-0.1, -0.05) is 24.9 Å². The minimum absolute atomic E-state index is 0.0231. The highest BCUT2D eigenvalue weighted by molar-refractivity contribution is 6.33. The summed E-state index contributed by atoms with van der Waals surface area (Å²) in [6.45, 7) is 8.59. The number of hydrogen-bond acceptors (Lipinski definition) is 3. The molecule has 0 spiro atoms. The number of nitrogens with zero attached hydrogens (tertiary/aromatic N) is 2. The van der Waals surface area contributed by atoms with E-state index in [9.17, 15) is 13.2 Å². The van der Waals surface area contributed by atoms with Gasteiger partial charge in [-0.2, -0.15) is 18.3 Å². The molecular weight excluding hydrogens is 391 g/mol. The van der Waals surface area contributed by atoms with Crippen molar-refractivity contribution in [3.63, 3.8) is 0 Å². The number of aromatic nitrogens is 2. The van der Waals surface area contributed by atoms with Gasteiger partial charge in [0.1, 0.15) is 0 Å². The summed E-state index contributed by atoms with van der Waals surface area (Å²) in [6, 6.07) is 1.11. The van der Waals surface area contributed by atoms with Gasteiger partial charge in [0.25, 0.3) is 0 Å². The Morgan fingerprint density at radius 1 is 1.29 bits per heavy atom. The van der Waals surface area contributed by atoms with Gasteiger partial charge < -0.3 is 9.64 Å². The van der Waals surface area contributed by atoms with Crippen LogP contribution >= 0.6 is 11.6 Å².